The van der Waals surface area contributed by atoms with Gasteiger partial charge in [0.2, 0.25) is 0 Å². The minimum atomic E-state index is -0.667. The number of hydrogen-bond acceptors (Lipinski definition) is 2. The third-order valence-electron chi connectivity index (χ3n) is 2.74. The molecule has 0 fully saturated rings. The van der Waals surface area contributed by atoms with Gasteiger partial charge in [0.1, 0.15) is 0 Å². The van der Waals surface area contributed by atoms with Gasteiger partial charge in [0.25, 0.3) is 0 Å². The summed E-state index contributed by atoms with van der Waals surface area (Å²) in [5.74, 6) is -0.314. The van der Waals surface area contributed by atoms with Crippen molar-refractivity contribution >= 4 is 0 Å². The zero-order chi connectivity index (χ0) is 11.4. The van der Waals surface area contributed by atoms with Crippen molar-refractivity contribution in [3.05, 3.63) is 34.9 Å². The Morgan fingerprint density at radius 2 is 2.07 bits per heavy atom. The molecular weight excluding hydrogens is 186 g/mol. The lowest BCUT2D eigenvalue weighted by Crippen LogP contribution is -2.11. The maximum atomic E-state index is 10.1. The van der Waals surface area contributed by atoms with Crippen molar-refractivity contribution in [1.29, 1.82) is 5.26 Å². The average Bonchev–Trinajstić information content (AvgIpc) is 2.23. The molecule has 15 heavy (non-hydrogen) atoms. The van der Waals surface area contributed by atoms with E-state index in [1.165, 1.54) is 0 Å². The summed E-state index contributed by atoms with van der Waals surface area (Å²) in [5.41, 5.74) is 3.03. The van der Waals surface area contributed by atoms with Crippen LogP contribution in [0.5, 0.6) is 0 Å². The Morgan fingerprint density at radius 3 is 2.60 bits per heavy atom. The van der Waals surface area contributed by atoms with Crippen molar-refractivity contribution in [3.63, 3.8) is 0 Å². The summed E-state index contributed by atoms with van der Waals surface area (Å²) >= 11 is 0. The van der Waals surface area contributed by atoms with Gasteiger partial charge in [-0.05, 0) is 31.4 Å². The molecule has 1 rings (SSSR count). The average molecular weight is 203 g/mol. The third kappa shape index (κ3) is 2.57. The number of aliphatic hydroxyl groups excluding tert-OH is 1. The number of hydrogen-bond donors (Lipinski definition) is 1. The first-order valence-electron chi connectivity index (χ1n) is 5.25. The summed E-state index contributed by atoms with van der Waals surface area (Å²) < 4.78 is 0. The van der Waals surface area contributed by atoms with E-state index in [1.807, 2.05) is 39.0 Å². The number of aryl methyl sites for hydroxylation is 2. The lowest BCUT2D eigenvalue weighted by Gasteiger charge is -2.18. The Labute approximate surface area is 91.2 Å². The number of nitrogens with zero attached hydrogens (tertiary/aromatic N) is 1. The highest BCUT2D eigenvalue weighted by Crippen LogP contribution is 2.27. The molecule has 0 radical (unpaired) electrons. The van der Waals surface area contributed by atoms with Crippen LogP contribution < -0.4 is 0 Å². The summed E-state index contributed by atoms with van der Waals surface area (Å²) in [6, 6.07) is 8.10. The normalized spacial score (nSPS) is 14.3. The molecule has 0 spiro atoms. The first-order chi connectivity index (χ1) is 7.10. The molecule has 0 heterocycles. The standard InChI is InChI=1S/C13H17NO/c1-4-11(8-14)13(15)12-7-9(2)5-6-10(12)3/h5-7,11,13,15H,4H2,1-3H3. The molecule has 2 nitrogen and oxygen atoms in total. The van der Waals surface area contributed by atoms with E-state index in [0.29, 0.717) is 6.42 Å². The molecule has 0 bridgehead atoms. The van der Waals surface area contributed by atoms with Crippen LogP contribution in [-0.4, -0.2) is 5.11 Å². The van der Waals surface area contributed by atoms with Gasteiger partial charge in [0, 0.05) is 0 Å². The lowest BCUT2D eigenvalue weighted by atomic mass is 9.91. The Hall–Kier alpha value is -1.33. The van der Waals surface area contributed by atoms with Crippen LogP contribution in [0.25, 0.3) is 0 Å². The van der Waals surface area contributed by atoms with Gasteiger partial charge in [0.15, 0.2) is 0 Å². The van der Waals surface area contributed by atoms with Gasteiger partial charge >= 0.3 is 0 Å². The van der Waals surface area contributed by atoms with Crippen molar-refractivity contribution in [1.82, 2.24) is 0 Å². The van der Waals surface area contributed by atoms with E-state index < -0.39 is 6.10 Å². The smallest absolute Gasteiger partial charge is 0.0950 e. The fourth-order valence-corrected chi connectivity index (χ4v) is 1.68. The van der Waals surface area contributed by atoms with E-state index in [-0.39, 0.29) is 5.92 Å². The quantitative estimate of drug-likeness (QED) is 0.820. The molecule has 1 aromatic carbocycles. The SMILES string of the molecule is CCC(C#N)C(O)c1cc(C)ccc1C. The fourth-order valence-electron chi connectivity index (χ4n) is 1.68. The van der Waals surface area contributed by atoms with E-state index in [4.69, 9.17) is 5.26 Å². The molecular formula is C13H17NO. The Morgan fingerprint density at radius 1 is 1.40 bits per heavy atom. The van der Waals surface area contributed by atoms with Crippen molar-refractivity contribution in [2.75, 3.05) is 0 Å². The summed E-state index contributed by atoms with van der Waals surface area (Å²) in [4.78, 5) is 0. The van der Waals surface area contributed by atoms with Crippen molar-refractivity contribution < 1.29 is 5.11 Å². The summed E-state index contributed by atoms with van der Waals surface area (Å²) in [7, 11) is 0. The van der Waals surface area contributed by atoms with Gasteiger partial charge in [-0.25, -0.2) is 0 Å². The van der Waals surface area contributed by atoms with Crippen molar-refractivity contribution in [3.8, 4) is 6.07 Å². The summed E-state index contributed by atoms with van der Waals surface area (Å²) in [5, 5.41) is 19.0. The predicted octanol–water partition coefficient (Wildman–Crippen LogP) is 2.89. The second kappa shape index (κ2) is 4.95. The highest BCUT2D eigenvalue weighted by atomic mass is 16.3. The largest absolute Gasteiger partial charge is 0.387 e. The fraction of sp³-hybridized carbons (Fsp3) is 0.462. The molecule has 0 saturated carbocycles. The second-order valence-corrected chi connectivity index (χ2v) is 3.95. The Kier molecular flexibility index (Phi) is 3.88. The molecule has 0 saturated heterocycles. The maximum absolute atomic E-state index is 10.1. The van der Waals surface area contributed by atoms with Crippen LogP contribution in [0.4, 0.5) is 0 Å². The van der Waals surface area contributed by atoms with Crippen LogP contribution >= 0.6 is 0 Å². The van der Waals surface area contributed by atoms with E-state index in [0.717, 1.165) is 16.7 Å². The maximum Gasteiger partial charge on any atom is 0.0950 e. The topological polar surface area (TPSA) is 44.0 Å². The highest BCUT2D eigenvalue weighted by Gasteiger charge is 2.20. The van der Waals surface area contributed by atoms with Crippen LogP contribution in [0, 0.1) is 31.1 Å². The first-order valence-corrected chi connectivity index (χ1v) is 5.25. The monoisotopic (exact) mass is 203 g/mol. The third-order valence-corrected chi connectivity index (χ3v) is 2.74. The van der Waals surface area contributed by atoms with Crippen LogP contribution in [0.2, 0.25) is 0 Å². The summed E-state index contributed by atoms with van der Waals surface area (Å²) in [6.07, 6.45) is 0.00492. The molecule has 2 heteroatoms. The zero-order valence-corrected chi connectivity index (χ0v) is 9.49. The number of nitriles is 1. The van der Waals surface area contributed by atoms with E-state index in [9.17, 15) is 5.11 Å². The Balaban J connectivity index is 3.05. The van der Waals surface area contributed by atoms with Gasteiger partial charge in [-0.2, -0.15) is 5.26 Å². The highest BCUT2D eigenvalue weighted by molar-refractivity contribution is 5.33. The molecule has 80 valence electrons. The van der Waals surface area contributed by atoms with Gasteiger partial charge < -0.3 is 5.11 Å². The molecule has 1 aromatic rings. The predicted molar refractivity (Wildman–Crippen MR) is 60.3 cm³/mol. The van der Waals surface area contributed by atoms with Gasteiger partial charge in [-0.15, -0.1) is 0 Å². The molecule has 2 atom stereocenters. The van der Waals surface area contributed by atoms with Crippen molar-refractivity contribution in [2.24, 2.45) is 5.92 Å². The lowest BCUT2D eigenvalue weighted by molar-refractivity contribution is 0.132. The van der Waals surface area contributed by atoms with Crippen LogP contribution in [-0.2, 0) is 0 Å². The minimum absolute atomic E-state index is 0.314. The van der Waals surface area contributed by atoms with Crippen LogP contribution in [0.15, 0.2) is 18.2 Å². The second-order valence-electron chi connectivity index (χ2n) is 3.95. The molecule has 0 aromatic heterocycles. The zero-order valence-electron chi connectivity index (χ0n) is 9.49. The molecule has 0 aliphatic carbocycles. The van der Waals surface area contributed by atoms with Crippen LogP contribution in [0.3, 0.4) is 0 Å². The van der Waals surface area contributed by atoms with Gasteiger partial charge in [0.05, 0.1) is 18.1 Å². The van der Waals surface area contributed by atoms with Crippen molar-refractivity contribution in [2.45, 2.75) is 33.3 Å². The van der Waals surface area contributed by atoms with Gasteiger partial charge in [-0.1, -0.05) is 30.7 Å². The van der Waals surface area contributed by atoms with E-state index >= 15 is 0 Å². The first kappa shape index (κ1) is 11.7. The molecule has 0 aliphatic heterocycles. The van der Waals surface area contributed by atoms with E-state index in [1.54, 1.807) is 0 Å². The molecule has 0 aliphatic rings. The molecule has 1 N–H and O–H groups in total. The number of aliphatic hydroxyl groups is 1. The molecule has 0 amide bonds. The molecule has 2 unspecified atom stereocenters. The van der Waals surface area contributed by atoms with E-state index in [2.05, 4.69) is 6.07 Å². The summed E-state index contributed by atoms with van der Waals surface area (Å²) in [6.45, 7) is 5.87. The van der Waals surface area contributed by atoms with Gasteiger partial charge in [-0.3, -0.25) is 0 Å². The Bertz CT molecular complexity index is 379. The van der Waals surface area contributed by atoms with Crippen LogP contribution in [0.1, 0.15) is 36.1 Å². The minimum Gasteiger partial charge on any atom is -0.387 e. The number of rotatable bonds is 3. The number of benzene rings is 1.